The van der Waals surface area contributed by atoms with Gasteiger partial charge in [-0.1, -0.05) is 27.7 Å². The highest BCUT2D eigenvalue weighted by Crippen LogP contribution is 2.41. The molecule has 6 heteroatoms. The van der Waals surface area contributed by atoms with Gasteiger partial charge in [0.15, 0.2) is 0 Å². The van der Waals surface area contributed by atoms with Crippen molar-refractivity contribution in [2.24, 2.45) is 5.73 Å². The highest BCUT2D eigenvalue weighted by atomic mass is 28.4. The Morgan fingerprint density at radius 2 is 1.70 bits per heavy atom. The maximum atomic E-state index is 12.2. The summed E-state index contributed by atoms with van der Waals surface area (Å²) in [7, 11) is -2.39. The Hall–Kier alpha value is -0.433. The lowest BCUT2D eigenvalue weighted by Crippen LogP contribution is -2.57. The summed E-state index contributed by atoms with van der Waals surface area (Å²) in [6, 6.07) is 0. The number of hydrogen-bond donors (Lipinski definition) is 1. The van der Waals surface area contributed by atoms with E-state index in [0.29, 0.717) is 24.0 Å². The molecule has 0 saturated carbocycles. The van der Waals surface area contributed by atoms with Crippen LogP contribution in [-0.2, 0) is 18.4 Å². The minimum atomic E-state index is -2.39. The van der Waals surface area contributed by atoms with Gasteiger partial charge in [-0.3, -0.25) is 4.79 Å². The quantitative estimate of drug-likeness (QED) is 0.589. The predicted octanol–water partition coefficient (Wildman–Crippen LogP) is 3.50. The Morgan fingerprint density at radius 3 is 2.13 bits per heavy atom. The molecule has 0 spiro atoms. The molecule has 1 aliphatic rings. The fraction of sp³-hybridized carbons (Fsp3) is 0.941. The minimum absolute atomic E-state index is 0.0812. The van der Waals surface area contributed by atoms with E-state index < -0.39 is 14.2 Å². The molecule has 5 nitrogen and oxygen atoms in total. The Kier molecular flexibility index (Phi) is 7.26. The lowest BCUT2D eigenvalue weighted by molar-refractivity contribution is -0.158. The number of esters is 1. The van der Waals surface area contributed by atoms with Gasteiger partial charge in [-0.25, -0.2) is 0 Å². The molecule has 1 heterocycles. The lowest BCUT2D eigenvalue weighted by Gasteiger charge is -2.47. The van der Waals surface area contributed by atoms with Crippen molar-refractivity contribution in [3.8, 4) is 0 Å². The highest BCUT2D eigenvalue weighted by molar-refractivity contribution is 6.70. The van der Waals surface area contributed by atoms with Crippen LogP contribution >= 0.6 is 0 Å². The highest BCUT2D eigenvalue weighted by Gasteiger charge is 2.51. The largest absolute Gasteiger partial charge is 0.460 e. The molecular formula is C17H35NO4Si. The van der Waals surface area contributed by atoms with Gasteiger partial charge < -0.3 is 19.3 Å². The number of hydrogen-bond acceptors (Lipinski definition) is 5. The van der Waals surface area contributed by atoms with Crippen molar-refractivity contribution in [1.82, 2.24) is 0 Å². The normalized spacial score (nSPS) is 25.0. The Bertz CT molecular complexity index is 385. The van der Waals surface area contributed by atoms with Gasteiger partial charge in [0.1, 0.15) is 5.60 Å². The zero-order chi connectivity index (χ0) is 17.8. The van der Waals surface area contributed by atoms with E-state index in [4.69, 9.17) is 19.3 Å². The molecule has 1 aliphatic heterocycles. The first-order chi connectivity index (χ1) is 10.5. The van der Waals surface area contributed by atoms with E-state index >= 15 is 0 Å². The van der Waals surface area contributed by atoms with E-state index in [1.807, 2.05) is 20.8 Å². The molecule has 1 rings (SSSR count). The van der Waals surface area contributed by atoms with E-state index in [0.717, 1.165) is 6.42 Å². The Morgan fingerprint density at radius 1 is 1.17 bits per heavy atom. The molecule has 1 fully saturated rings. The molecule has 0 bridgehead atoms. The first kappa shape index (κ1) is 20.6. The third-order valence-electron chi connectivity index (χ3n) is 4.14. The summed E-state index contributed by atoms with van der Waals surface area (Å²) in [6.07, 6.45) is 1.76. The average Bonchev–Trinajstić information content (AvgIpc) is 2.35. The van der Waals surface area contributed by atoms with Crippen molar-refractivity contribution in [3.05, 3.63) is 0 Å². The molecule has 1 saturated heterocycles. The molecule has 0 radical (unpaired) electrons. The van der Waals surface area contributed by atoms with Crippen molar-refractivity contribution in [2.45, 2.75) is 96.6 Å². The second kappa shape index (κ2) is 8.10. The van der Waals surface area contributed by atoms with Crippen LogP contribution in [0.4, 0.5) is 0 Å². The SMILES string of the molecule is CC(C)[Si]1(C(C)C)OC(CCN)CC(CC(=O)OC(C)(C)C)O1. The standard InChI is InChI=1S/C17H35NO4Si/c1-12(2)23(13(3)4)21-14(8-9-18)10-15(22-23)11-16(19)20-17(5,6)7/h12-15H,8-11,18H2,1-7H3. The number of ether oxygens (including phenoxy) is 1. The van der Waals surface area contributed by atoms with Crippen LogP contribution in [0.15, 0.2) is 0 Å². The van der Waals surface area contributed by atoms with Crippen LogP contribution in [0.3, 0.4) is 0 Å². The summed E-state index contributed by atoms with van der Waals surface area (Å²) in [6.45, 7) is 14.9. The summed E-state index contributed by atoms with van der Waals surface area (Å²) in [5.74, 6) is -0.202. The Labute approximate surface area is 142 Å². The van der Waals surface area contributed by atoms with E-state index in [9.17, 15) is 4.79 Å². The van der Waals surface area contributed by atoms with E-state index in [1.165, 1.54) is 0 Å². The number of carbonyl (C=O) groups is 1. The fourth-order valence-corrected chi connectivity index (χ4v) is 7.12. The fourth-order valence-electron chi connectivity index (χ4n) is 3.21. The van der Waals surface area contributed by atoms with Gasteiger partial charge >= 0.3 is 14.5 Å². The van der Waals surface area contributed by atoms with E-state index in [-0.39, 0.29) is 24.6 Å². The molecule has 0 aromatic carbocycles. The Balaban J connectivity index is 2.88. The van der Waals surface area contributed by atoms with Crippen molar-refractivity contribution < 1.29 is 18.4 Å². The lowest BCUT2D eigenvalue weighted by atomic mass is 10.1. The molecule has 0 amide bonds. The minimum Gasteiger partial charge on any atom is -0.460 e. The summed E-state index contributed by atoms with van der Waals surface area (Å²) in [4.78, 5) is 12.2. The first-order valence-electron chi connectivity index (χ1n) is 8.77. The topological polar surface area (TPSA) is 70.8 Å². The zero-order valence-electron chi connectivity index (χ0n) is 15.8. The van der Waals surface area contributed by atoms with Crippen molar-refractivity contribution in [3.63, 3.8) is 0 Å². The summed E-state index contributed by atoms with van der Waals surface area (Å²) >= 11 is 0. The van der Waals surface area contributed by atoms with Crippen LogP contribution in [0.1, 0.15) is 67.7 Å². The van der Waals surface area contributed by atoms with Crippen molar-refractivity contribution >= 4 is 14.5 Å². The third kappa shape index (κ3) is 5.85. The molecular weight excluding hydrogens is 310 g/mol. The van der Waals surface area contributed by atoms with Crippen LogP contribution in [-0.4, -0.2) is 38.9 Å². The second-order valence-corrected chi connectivity index (χ2v) is 12.3. The van der Waals surface area contributed by atoms with E-state index in [1.54, 1.807) is 0 Å². The zero-order valence-corrected chi connectivity index (χ0v) is 16.8. The number of carbonyl (C=O) groups excluding carboxylic acids is 1. The van der Waals surface area contributed by atoms with Gasteiger partial charge in [0, 0.05) is 0 Å². The maximum absolute atomic E-state index is 12.2. The molecule has 2 atom stereocenters. The van der Waals surface area contributed by atoms with Gasteiger partial charge in [-0.15, -0.1) is 0 Å². The van der Waals surface area contributed by atoms with Gasteiger partial charge in [0.2, 0.25) is 0 Å². The van der Waals surface area contributed by atoms with Crippen LogP contribution in [0.5, 0.6) is 0 Å². The van der Waals surface area contributed by atoms with Crippen molar-refractivity contribution in [2.75, 3.05) is 6.54 Å². The van der Waals surface area contributed by atoms with Gasteiger partial charge in [0.05, 0.1) is 18.6 Å². The van der Waals surface area contributed by atoms with Gasteiger partial charge in [0.25, 0.3) is 0 Å². The van der Waals surface area contributed by atoms with Crippen LogP contribution < -0.4 is 5.73 Å². The predicted molar refractivity (Wildman–Crippen MR) is 94.4 cm³/mol. The molecule has 2 unspecified atom stereocenters. The van der Waals surface area contributed by atoms with Crippen molar-refractivity contribution in [1.29, 1.82) is 0 Å². The monoisotopic (exact) mass is 345 g/mol. The number of rotatable bonds is 6. The molecule has 0 aromatic rings. The first-order valence-corrected chi connectivity index (χ1v) is 10.7. The molecule has 0 aliphatic carbocycles. The smallest absolute Gasteiger partial charge is 0.343 e. The van der Waals surface area contributed by atoms with E-state index in [2.05, 4.69) is 27.7 Å². The molecule has 136 valence electrons. The number of nitrogens with two attached hydrogens (primary N) is 1. The molecule has 23 heavy (non-hydrogen) atoms. The maximum Gasteiger partial charge on any atom is 0.343 e. The third-order valence-corrected chi connectivity index (χ3v) is 8.76. The summed E-state index contributed by atoms with van der Waals surface area (Å²) < 4.78 is 18.3. The summed E-state index contributed by atoms with van der Waals surface area (Å²) in [5.41, 5.74) is 5.91. The van der Waals surface area contributed by atoms with Gasteiger partial charge in [-0.05, 0) is 51.2 Å². The van der Waals surface area contributed by atoms with Crippen LogP contribution in [0.25, 0.3) is 0 Å². The average molecular weight is 346 g/mol. The molecule has 0 aromatic heterocycles. The molecule has 2 N–H and O–H groups in total. The van der Waals surface area contributed by atoms with Crippen LogP contribution in [0, 0.1) is 0 Å². The second-order valence-electron chi connectivity index (χ2n) is 8.11. The van der Waals surface area contributed by atoms with Gasteiger partial charge in [-0.2, -0.15) is 0 Å². The summed E-state index contributed by atoms with van der Waals surface area (Å²) in [5, 5.41) is 0. The van der Waals surface area contributed by atoms with Crippen LogP contribution in [0.2, 0.25) is 11.1 Å².